The number of hydrogen-bond acceptors (Lipinski definition) is 4. The summed E-state index contributed by atoms with van der Waals surface area (Å²) in [6, 6.07) is 16.8. The van der Waals surface area contributed by atoms with Crippen molar-refractivity contribution in [3.63, 3.8) is 0 Å². The molecular weight excluding hydrogens is 315 g/mol. The molecule has 120 valence electrons. The first-order valence-electron chi connectivity index (χ1n) is 7.40. The van der Waals surface area contributed by atoms with Gasteiger partial charge in [-0.25, -0.2) is 9.18 Å². The summed E-state index contributed by atoms with van der Waals surface area (Å²) in [4.78, 5) is 12.2. The van der Waals surface area contributed by atoms with Gasteiger partial charge in [0, 0.05) is 5.25 Å². The van der Waals surface area contributed by atoms with E-state index in [1.807, 2.05) is 42.5 Å². The van der Waals surface area contributed by atoms with Crippen LogP contribution in [0.2, 0.25) is 0 Å². The topological polar surface area (TPSA) is 46.5 Å². The summed E-state index contributed by atoms with van der Waals surface area (Å²) >= 11 is 1.08. The number of aliphatic hydroxyl groups is 1. The van der Waals surface area contributed by atoms with E-state index in [4.69, 9.17) is 4.74 Å². The van der Waals surface area contributed by atoms with E-state index < -0.39 is 23.7 Å². The van der Waals surface area contributed by atoms with Gasteiger partial charge in [0.25, 0.3) is 0 Å². The highest BCUT2D eigenvalue weighted by Gasteiger charge is 2.44. The van der Waals surface area contributed by atoms with E-state index in [0.717, 1.165) is 22.9 Å². The Bertz CT molecular complexity index is 674. The third kappa shape index (κ3) is 3.41. The molecule has 3 nitrogen and oxygen atoms in total. The van der Waals surface area contributed by atoms with Crippen LogP contribution in [-0.4, -0.2) is 34.0 Å². The number of aliphatic hydroxyl groups excluding tert-OH is 1. The van der Waals surface area contributed by atoms with Crippen LogP contribution in [0.25, 0.3) is 11.1 Å². The zero-order chi connectivity index (χ0) is 16.4. The summed E-state index contributed by atoms with van der Waals surface area (Å²) in [6.07, 6.45) is -2.47. The second-order valence-corrected chi connectivity index (χ2v) is 6.99. The fraction of sp³-hybridized carbons (Fsp3) is 0.278. The smallest absolute Gasteiger partial charge is 0.338 e. The molecule has 1 fully saturated rings. The van der Waals surface area contributed by atoms with Gasteiger partial charge in [0.2, 0.25) is 0 Å². The molecule has 1 N–H and O–H groups in total. The van der Waals surface area contributed by atoms with Crippen molar-refractivity contribution in [3.8, 4) is 11.1 Å². The zero-order valence-electron chi connectivity index (χ0n) is 12.6. The van der Waals surface area contributed by atoms with Gasteiger partial charge in [-0.2, -0.15) is 0 Å². The summed E-state index contributed by atoms with van der Waals surface area (Å²) in [5.74, 6) is -0.571. The van der Waals surface area contributed by atoms with Crippen molar-refractivity contribution in [2.75, 3.05) is 0 Å². The quantitative estimate of drug-likeness (QED) is 0.871. The van der Waals surface area contributed by atoms with E-state index in [-0.39, 0.29) is 5.25 Å². The number of halogens is 1. The van der Waals surface area contributed by atoms with Crippen LogP contribution in [0.4, 0.5) is 4.39 Å². The molecule has 5 heteroatoms. The predicted octanol–water partition coefficient (Wildman–Crippen LogP) is 3.67. The van der Waals surface area contributed by atoms with Crippen molar-refractivity contribution in [1.29, 1.82) is 0 Å². The number of carbonyl (C=O) groups excluding carboxylic acids is 1. The fourth-order valence-electron chi connectivity index (χ4n) is 2.58. The number of alkyl halides is 1. The van der Waals surface area contributed by atoms with Crippen LogP contribution in [-0.2, 0) is 4.74 Å². The van der Waals surface area contributed by atoms with E-state index >= 15 is 0 Å². The molecule has 1 aliphatic heterocycles. The number of hydrogen-bond donors (Lipinski definition) is 1. The Hall–Kier alpha value is -1.85. The average Bonchev–Trinajstić information content (AvgIpc) is 2.82. The van der Waals surface area contributed by atoms with Crippen molar-refractivity contribution >= 4 is 17.7 Å². The molecule has 0 radical (unpaired) electrons. The standard InChI is InChI=1S/C18H17FO3S/c1-11-16(15(19)18(21)23-11)22-17(20)14-9-7-13(8-10-14)12-5-3-2-4-6-12/h2-11,15-16,18,21H,1H3/t11-,15+,16-,18?/m1/s1. The summed E-state index contributed by atoms with van der Waals surface area (Å²) in [6.45, 7) is 1.74. The van der Waals surface area contributed by atoms with E-state index in [2.05, 4.69) is 0 Å². The van der Waals surface area contributed by atoms with Gasteiger partial charge in [-0.05, 0) is 30.2 Å². The van der Waals surface area contributed by atoms with Crippen molar-refractivity contribution in [2.45, 2.75) is 29.9 Å². The molecule has 0 spiro atoms. The molecule has 23 heavy (non-hydrogen) atoms. The number of esters is 1. The maximum absolute atomic E-state index is 13.8. The number of ether oxygens (including phenoxy) is 1. The van der Waals surface area contributed by atoms with Crippen LogP contribution in [0.5, 0.6) is 0 Å². The van der Waals surface area contributed by atoms with Crippen LogP contribution in [0.1, 0.15) is 17.3 Å². The highest BCUT2D eigenvalue weighted by atomic mass is 32.2. The molecule has 1 heterocycles. The lowest BCUT2D eigenvalue weighted by atomic mass is 10.0. The molecule has 0 amide bonds. The van der Waals surface area contributed by atoms with Crippen molar-refractivity contribution < 1.29 is 19.0 Å². The molecule has 1 unspecified atom stereocenters. The third-order valence-corrected chi connectivity index (χ3v) is 5.11. The second kappa shape index (κ2) is 6.72. The molecule has 2 aromatic rings. The molecule has 2 aromatic carbocycles. The Morgan fingerprint density at radius 1 is 1.09 bits per heavy atom. The molecule has 0 aliphatic carbocycles. The van der Waals surface area contributed by atoms with E-state index in [0.29, 0.717) is 5.56 Å². The minimum Gasteiger partial charge on any atom is -0.454 e. The molecule has 1 aliphatic rings. The van der Waals surface area contributed by atoms with Crippen LogP contribution in [0.15, 0.2) is 54.6 Å². The first-order chi connectivity index (χ1) is 11.1. The van der Waals surface area contributed by atoms with Crippen LogP contribution < -0.4 is 0 Å². The molecule has 3 rings (SSSR count). The van der Waals surface area contributed by atoms with Gasteiger partial charge in [0.05, 0.1) is 5.56 Å². The lowest BCUT2D eigenvalue weighted by molar-refractivity contribution is -0.00350. The Morgan fingerprint density at radius 2 is 1.70 bits per heavy atom. The monoisotopic (exact) mass is 332 g/mol. The van der Waals surface area contributed by atoms with Gasteiger partial charge in [-0.15, -0.1) is 11.8 Å². The van der Waals surface area contributed by atoms with Crippen LogP contribution in [0.3, 0.4) is 0 Å². The SMILES string of the molecule is C[C@H]1SC(O)[C@@H](F)[C@@H]1OC(=O)c1ccc(-c2ccccc2)cc1. The maximum Gasteiger partial charge on any atom is 0.338 e. The van der Waals surface area contributed by atoms with E-state index in [9.17, 15) is 14.3 Å². The first kappa shape index (κ1) is 16.0. The molecule has 0 bridgehead atoms. The summed E-state index contributed by atoms with van der Waals surface area (Å²) < 4.78 is 19.1. The van der Waals surface area contributed by atoms with Gasteiger partial charge in [0.15, 0.2) is 6.17 Å². The fourth-order valence-corrected chi connectivity index (χ4v) is 3.68. The van der Waals surface area contributed by atoms with Crippen molar-refractivity contribution in [3.05, 3.63) is 60.2 Å². The average molecular weight is 332 g/mol. The van der Waals surface area contributed by atoms with E-state index in [1.165, 1.54) is 0 Å². The number of rotatable bonds is 3. The minimum atomic E-state index is -1.55. The second-order valence-electron chi connectivity index (χ2n) is 5.49. The van der Waals surface area contributed by atoms with Crippen molar-refractivity contribution in [1.82, 2.24) is 0 Å². The Balaban J connectivity index is 1.71. The molecule has 1 saturated heterocycles. The van der Waals surface area contributed by atoms with Gasteiger partial charge in [-0.1, -0.05) is 42.5 Å². The lowest BCUT2D eigenvalue weighted by Gasteiger charge is -2.17. The molecular formula is C18H17FO3S. The van der Waals surface area contributed by atoms with Gasteiger partial charge in [0.1, 0.15) is 11.5 Å². The summed E-state index contributed by atoms with van der Waals surface area (Å²) in [7, 11) is 0. The van der Waals surface area contributed by atoms with Gasteiger partial charge >= 0.3 is 5.97 Å². The third-order valence-electron chi connectivity index (χ3n) is 3.87. The maximum atomic E-state index is 13.8. The number of thioether (sulfide) groups is 1. The Morgan fingerprint density at radius 3 is 2.26 bits per heavy atom. The summed E-state index contributed by atoms with van der Waals surface area (Å²) in [5.41, 5.74) is 1.28. The van der Waals surface area contributed by atoms with Crippen LogP contribution in [0, 0.1) is 0 Å². The largest absolute Gasteiger partial charge is 0.454 e. The summed E-state index contributed by atoms with van der Waals surface area (Å²) in [5, 5.41) is 9.21. The Kier molecular flexibility index (Phi) is 4.68. The highest BCUT2D eigenvalue weighted by molar-refractivity contribution is 8.00. The van der Waals surface area contributed by atoms with Gasteiger partial charge < -0.3 is 9.84 Å². The molecule has 0 aromatic heterocycles. The van der Waals surface area contributed by atoms with Crippen molar-refractivity contribution in [2.24, 2.45) is 0 Å². The predicted molar refractivity (Wildman–Crippen MR) is 89.0 cm³/mol. The van der Waals surface area contributed by atoms with Crippen LogP contribution >= 0.6 is 11.8 Å². The minimum absolute atomic E-state index is 0.271. The zero-order valence-corrected chi connectivity index (χ0v) is 13.4. The number of benzene rings is 2. The van der Waals surface area contributed by atoms with E-state index in [1.54, 1.807) is 19.1 Å². The highest BCUT2D eigenvalue weighted by Crippen LogP contribution is 2.36. The number of carbonyl (C=O) groups is 1. The normalized spacial score (nSPS) is 26.9. The first-order valence-corrected chi connectivity index (χ1v) is 8.34. The Labute approximate surface area is 138 Å². The van der Waals surface area contributed by atoms with Gasteiger partial charge in [-0.3, -0.25) is 0 Å². The molecule has 0 saturated carbocycles. The lowest BCUT2D eigenvalue weighted by Crippen LogP contribution is -2.33. The molecule has 4 atom stereocenters.